The first-order valence-corrected chi connectivity index (χ1v) is 9.43. The molecule has 3 nitrogen and oxygen atoms in total. The van der Waals surface area contributed by atoms with Crippen LogP contribution in [-0.4, -0.2) is 22.5 Å². The molecule has 1 aliphatic carbocycles. The van der Waals surface area contributed by atoms with Crippen molar-refractivity contribution in [3.8, 4) is 10.6 Å². The second-order valence-corrected chi connectivity index (χ2v) is 8.35. The van der Waals surface area contributed by atoms with Gasteiger partial charge in [-0.1, -0.05) is 12.1 Å². The number of rotatable bonds is 2. The molecule has 112 valence electrons. The standard InChI is InChI=1S/C17H17N3S2/c18-16-15(17-19-12-3-1-2-4-13(12)22-17)11-7-8-20(10-5-6-10)9-14(11)21-16/h1-4,10H,5-9,18H2. The molecule has 0 spiro atoms. The van der Waals surface area contributed by atoms with E-state index in [0.29, 0.717) is 0 Å². The van der Waals surface area contributed by atoms with Crippen LogP contribution in [-0.2, 0) is 13.0 Å². The Hall–Kier alpha value is -1.43. The lowest BCUT2D eigenvalue weighted by atomic mass is 10.0. The van der Waals surface area contributed by atoms with Crippen molar-refractivity contribution in [1.82, 2.24) is 9.88 Å². The number of nitrogens with zero attached hydrogens (tertiary/aromatic N) is 2. The predicted molar refractivity (Wildman–Crippen MR) is 94.5 cm³/mol. The van der Waals surface area contributed by atoms with Crippen LogP contribution in [0.5, 0.6) is 0 Å². The van der Waals surface area contributed by atoms with E-state index in [1.165, 1.54) is 40.1 Å². The van der Waals surface area contributed by atoms with Crippen LogP contribution >= 0.6 is 22.7 Å². The van der Waals surface area contributed by atoms with Crippen LogP contribution in [0.25, 0.3) is 20.8 Å². The summed E-state index contributed by atoms with van der Waals surface area (Å²) in [4.78, 5) is 8.91. The van der Waals surface area contributed by atoms with E-state index in [-0.39, 0.29) is 0 Å². The van der Waals surface area contributed by atoms with Crippen LogP contribution in [0.2, 0.25) is 0 Å². The van der Waals surface area contributed by atoms with Crippen LogP contribution in [0.1, 0.15) is 23.3 Å². The zero-order valence-electron chi connectivity index (χ0n) is 12.2. The number of thiophene rings is 1. The number of hydrogen-bond acceptors (Lipinski definition) is 5. The largest absolute Gasteiger partial charge is 0.390 e. The quantitative estimate of drug-likeness (QED) is 0.769. The lowest BCUT2D eigenvalue weighted by molar-refractivity contribution is 0.247. The summed E-state index contributed by atoms with van der Waals surface area (Å²) in [5.41, 5.74) is 10.1. The molecule has 0 amide bonds. The number of fused-ring (bicyclic) bond motifs is 2. The van der Waals surface area contributed by atoms with E-state index >= 15 is 0 Å². The Morgan fingerprint density at radius 1 is 1.18 bits per heavy atom. The molecule has 0 bridgehead atoms. The first-order chi connectivity index (χ1) is 10.8. The smallest absolute Gasteiger partial charge is 0.127 e. The SMILES string of the molecule is Nc1sc2c(c1-c1nc3ccccc3s1)CCN(C1CC1)C2. The Kier molecular flexibility index (Phi) is 2.84. The maximum absolute atomic E-state index is 6.38. The zero-order chi connectivity index (χ0) is 14.7. The van der Waals surface area contributed by atoms with E-state index in [4.69, 9.17) is 10.7 Å². The van der Waals surface area contributed by atoms with Crippen molar-refractivity contribution in [3.05, 3.63) is 34.7 Å². The van der Waals surface area contributed by atoms with Crippen molar-refractivity contribution < 1.29 is 0 Å². The third-order valence-electron chi connectivity index (χ3n) is 4.68. The maximum Gasteiger partial charge on any atom is 0.127 e. The van der Waals surface area contributed by atoms with Gasteiger partial charge in [0.25, 0.3) is 0 Å². The van der Waals surface area contributed by atoms with Gasteiger partial charge in [-0.3, -0.25) is 4.90 Å². The van der Waals surface area contributed by atoms with Crippen molar-refractivity contribution >= 4 is 37.9 Å². The number of nitrogen functional groups attached to an aromatic ring is 1. The van der Waals surface area contributed by atoms with Crippen LogP contribution < -0.4 is 5.73 Å². The van der Waals surface area contributed by atoms with Crippen LogP contribution in [0.4, 0.5) is 5.00 Å². The summed E-state index contributed by atoms with van der Waals surface area (Å²) in [5.74, 6) is 0. The molecule has 1 fully saturated rings. The number of hydrogen-bond donors (Lipinski definition) is 1. The van der Waals surface area contributed by atoms with Crippen molar-refractivity contribution in [2.24, 2.45) is 0 Å². The van der Waals surface area contributed by atoms with Gasteiger partial charge in [0.2, 0.25) is 0 Å². The van der Waals surface area contributed by atoms with Crippen LogP contribution in [0.3, 0.4) is 0 Å². The molecular weight excluding hydrogens is 310 g/mol. The fraction of sp³-hybridized carbons (Fsp3) is 0.353. The fourth-order valence-corrected chi connectivity index (χ4v) is 5.67. The van der Waals surface area contributed by atoms with Gasteiger partial charge in [0.05, 0.1) is 15.2 Å². The summed E-state index contributed by atoms with van der Waals surface area (Å²) in [7, 11) is 0. The topological polar surface area (TPSA) is 42.1 Å². The maximum atomic E-state index is 6.38. The minimum atomic E-state index is 0.836. The van der Waals surface area contributed by atoms with Crippen molar-refractivity contribution in [2.75, 3.05) is 12.3 Å². The van der Waals surface area contributed by atoms with Gasteiger partial charge in [0, 0.05) is 29.6 Å². The van der Waals surface area contributed by atoms with E-state index in [2.05, 4.69) is 23.1 Å². The highest BCUT2D eigenvalue weighted by molar-refractivity contribution is 7.22. The molecule has 0 radical (unpaired) electrons. The average Bonchev–Trinajstić information content (AvgIpc) is 3.20. The van der Waals surface area contributed by atoms with E-state index in [0.717, 1.165) is 34.5 Å². The molecule has 5 heteroatoms. The summed E-state index contributed by atoms with van der Waals surface area (Å²) < 4.78 is 1.24. The molecule has 3 heterocycles. The summed E-state index contributed by atoms with van der Waals surface area (Å²) in [5, 5.41) is 2.04. The lowest BCUT2D eigenvalue weighted by Crippen LogP contribution is -2.31. The molecule has 3 aromatic rings. The third kappa shape index (κ3) is 2.00. The molecule has 1 aliphatic heterocycles. The van der Waals surface area contributed by atoms with E-state index in [9.17, 15) is 0 Å². The average molecular weight is 327 g/mol. The molecule has 22 heavy (non-hydrogen) atoms. The Labute approximate surface area is 137 Å². The second-order valence-electron chi connectivity index (χ2n) is 6.18. The lowest BCUT2D eigenvalue weighted by Gasteiger charge is -2.26. The molecule has 2 aromatic heterocycles. The highest BCUT2D eigenvalue weighted by atomic mass is 32.1. The number of para-hydroxylation sites is 1. The van der Waals surface area contributed by atoms with Gasteiger partial charge >= 0.3 is 0 Å². The van der Waals surface area contributed by atoms with Crippen molar-refractivity contribution in [2.45, 2.75) is 31.8 Å². The first kappa shape index (κ1) is 13.0. The zero-order valence-corrected chi connectivity index (χ0v) is 13.8. The summed E-state index contributed by atoms with van der Waals surface area (Å²) in [6.07, 6.45) is 3.87. The Morgan fingerprint density at radius 3 is 2.86 bits per heavy atom. The highest BCUT2D eigenvalue weighted by Crippen LogP contribution is 2.45. The molecule has 0 atom stereocenters. The minimum absolute atomic E-state index is 0.836. The van der Waals surface area contributed by atoms with Gasteiger partial charge in [-0.05, 0) is 37.0 Å². The van der Waals surface area contributed by atoms with Gasteiger partial charge in [0.1, 0.15) is 5.01 Å². The monoisotopic (exact) mass is 327 g/mol. The molecule has 1 saturated carbocycles. The van der Waals surface area contributed by atoms with Gasteiger partial charge in [-0.25, -0.2) is 4.98 Å². The summed E-state index contributed by atoms with van der Waals surface area (Å²) >= 11 is 3.54. The molecule has 5 rings (SSSR count). The van der Waals surface area contributed by atoms with E-state index in [1.54, 1.807) is 22.7 Å². The number of thiazole rings is 1. The number of anilines is 1. The molecular formula is C17H17N3S2. The molecule has 0 saturated heterocycles. The first-order valence-electron chi connectivity index (χ1n) is 7.79. The van der Waals surface area contributed by atoms with Crippen molar-refractivity contribution in [1.29, 1.82) is 0 Å². The molecule has 1 aromatic carbocycles. The Morgan fingerprint density at radius 2 is 2.05 bits per heavy atom. The van der Waals surface area contributed by atoms with Gasteiger partial charge in [-0.2, -0.15) is 0 Å². The Balaban J connectivity index is 1.60. The fourth-order valence-electron chi connectivity index (χ4n) is 3.41. The molecule has 2 N–H and O–H groups in total. The number of aromatic nitrogens is 1. The third-order valence-corrected chi connectivity index (χ3v) is 6.78. The second kappa shape index (κ2) is 4.78. The van der Waals surface area contributed by atoms with Gasteiger partial charge in [0.15, 0.2) is 0 Å². The number of benzene rings is 1. The van der Waals surface area contributed by atoms with Gasteiger partial charge in [-0.15, -0.1) is 22.7 Å². The highest BCUT2D eigenvalue weighted by Gasteiger charge is 2.33. The molecule has 0 unspecified atom stereocenters. The van der Waals surface area contributed by atoms with Crippen LogP contribution in [0, 0.1) is 0 Å². The van der Waals surface area contributed by atoms with E-state index < -0.39 is 0 Å². The molecule has 2 aliphatic rings. The Bertz CT molecular complexity index is 827. The van der Waals surface area contributed by atoms with Gasteiger partial charge < -0.3 is 5.73 Å². The van der Waals surface area contributed by atoms with E-state index in [1.807, 2.05) is 6.07 Å². The van der Waals surface area contributed by atoms with Crippen molar-refractivity contribution in [3.63, 3.8) is 0 Å². The summed E-state index contributed by atoms with van der Waals surface area (Å²) in [6, 6.07) is 9.18. The minimum Gasteiger partial charge on any atom is -0.390 e. The summed E-state index contributed by atoms with van der Waals surface area (Å²) in [6.45, 7) is 2.26. The normalized spacial score (nSPS) is 18.7. The number of nitrogens with two attached hydrogens (primary N) is 1. The predicted octanol–water partition coefficient (Wildman–Crippen LogP) is 4.13. The van der Waals surface area contributed by atoms with Crippen LogP contribution in [0.15, 0.2) is 24.3 Å².